The van der Waals surface area contributed by atoms with Gasteiger partial charge < -0.3 is 0 Å². The van der Waals surface area contributed by atoms with Crippen LogP contribution in [0, 0.1) is 6.92 Å². The SMILES string of the molecule is CCc1c(C)nc(-c2cccc(C3CC3)c2)nc1Cl. The van der Waals surface area contributed by atoms with Gasteiger partial charge in [0.1, 0.15) is 5.15 Å². The van der Waals surface area contributed by atoms with Crippen LogP contribution in [0.15, 0.2) is 24.3 Å². The number of halogens is 1. The van der Waals surface area contributed by atoms with Crippen LogP contribution in [0.3, 0.4) is 0 Å². The fraction of sp³-hybridized carbons (Fsp3) is 0.375. The van der Waals surface area contributed by atoms with Crippen molar-refractivity contribution in [2.24, 2.45) is 0 Å². The van der Waals surface area contributed by atoms with Crippen molar-refractivity contribution in [2.75, 3.05) is 0 Å². The summed E-state index contributed by atoms with van der Waals surface area (Å²) in [5, 5.41) is 0.585. The molecule has 0 saturated heterocycles. The normalized spacial score (nSPS) is 14.7. The Morgan fingerprint density at radius 2 is 2.05 bits per heavy atom. The summed E-state index contributed by atoms with van der Waals surface area (Å²) in [6.45, 7) is 4.07. The maximum atomic E-state index is 6.25. The van der Waals surface area contributed by atoms with E-state index in [0.29, 0.717) is 5.15 Å². The van der Waals surface area contributed by atoms with E-state index in [1.54, 1.807) is 0 Å². The van der Waals surface area contributed by atoms with E-state index in [1.165, 1.54) is 18.4 Å². The fourth-order valence-corrected chi connectivity index (χ4v) is 2.79. The third-order valence-corrected chi connectivity index (χ3v) is 4.02. The summed E-state index contributed by atoms with van der Waals surface area (Å²) in [5.41, 5.74) is 4.49. The number of rotatable bonds is 3. The van der Waals surface area contributed by atoms with Crippen molar-refractivity contribution in [3.8, 4) is 11.4 Å². The maximum Gasteiger partial charge on any atom is 0.161 e. The Balaban J connectivity index is 2.04. The van der Waals surface area contributed by atoms with E-state index >= 15 is 0 Å². The van der Waals surface area contributed by atoms with Crippen LogP contribution < -0.4 is 0 Å². The van der Waals surface area contributed by atoms with Crippen molar-refractivity contribution < 1.29 is 0 Å². The first-order chi connectivity index (χ1) is 9.19. The standard InChI is InChI=1S/C16H17ClN2/c1-3-14-10(2)18-16(19-15(14)17)13-6-4-5-12(9-13)11-7-8-11/h4-6,9,11H,3,7-8H2,1-2H3. The monoisotopic (exact) mass is 272 g/mol. The molecule has 0 aliphatic heterocycles. The van der Waals surface area contributed by atoms with Crippen LogP contribution in [0.2, 0.25) is 5.15 Å². The van der Waals surface area contributed by atoms with Gasteiger partial charge in [-0.3, -0.25) is 0 Å². The molecule has 0 atom stereocenters. The lowest BCUT2D eigenvalue weighted by Crippen LogP contribution is -1.99. The molecule has 2 nitrogen and oxygen atoms in total. The van der Waals surface area contributed by atoms with E-state index in [2.05, 4.69) is 41.2 Å². The first-order valence-electron chi connectivity index (χ1n) is 6.82. The molecule has 0 radical (unpaired) electrons. The van der Waals surface area contributed by atoms with Gasteiger partial charge in [-0.25, -0.2) is 9.97 Å². The van der Waals surface area contributed by atoms with E-state index < -0.39 is 0 Å². The van der Waals surface area contributed by atoms with Gasteiger partial charge in [-0.2, -0.15) is 0 Å². The highest BCUT2D eigenvalue weighted by Gasteiger charge is 2.23. The number of hydrogen-bond donors (Lipinski definition) is 0. The fourth-order valence-electron chi connectivity index (χ4n) is 2.44. The van der Waals surface area contributed by atoms with Crippen LogP contribution in [0.1, 0.15) is 42.5 Å². The second-order valence-corrected chi connectivity index (χ2v) is 5.51. The summed E-state index contributed by atoms with van der Waals surface area (Å²) in [5.74, 6) is 1.48. The van der Waals surface area contributed by atoms with Crippen LogP contribution in [0.5, 0.6) is 0 Å². The van der Waals surface area contributed by atoms with Crippen molar-refractivity contribution >= 4 is 11.6 Å². The first-order valence-corrected chi connectivity index (χ1v) is 7.20. The van der Waals surface area contributed by atoms with Crippen LogP contribution in [-0.4, -0.2) is 9.97 Å². The first kappa shape index (κ1) is 12.6. The Morgan fingerprint density at radius 1 is 1.26 bits per heavy atom. The molecule has 1 aromatic heterocycles. The zero-order chi connectivity index (χ0) is 13.4. The number of nitrogens with zero attached hydrogens (tertiary/aromatic N) is 2. The third-order valence-electron chi connectivity index (χ3n) is 3.71. The van der Waals surface area contributed by atoms with Crippen molar-refractivity contribution in [3.05, 3.63) is 46.2 Å². The van der Waals surface area contributed by atoms with Gasteiger partial charge in [0.05, 0.1) is 0 Å². The molecule has 2 aromatic rings. The lowest BCUT2D eigenvalue weighted by molar-refractivity contribution is 1.00. The van der Waals surface area contributed by atoms with Gasteiger partial charge in [0.25, 0.3) is 0 Å². The van der Waals surface area contributed by atoms with E-state index in [1.807, 2.05) is 6.92 Å². The highest BCUT2D eigenvalue weighted by Crippen LogP contribution is 2.40. The van der Waals surface area contributed by atoms with E-state index in [0.717, 1.165) is 35.0 Å². The zero-order valence-electron chi connectivity index (χ0n) is 11.3. The van der Waals surface area contributed by atoms with Crippen LogP contribution >= 0.6 is 11.6 Å². The molecule has 3 heteroatoms. The Bertz CT molecular complexity index is 595. The van der Waals surface area contributed by atoms with Gasteiger partial charge in [0, 0.05) is 16.8 Å². The molecule has 0 amide bonds. The Labute approximate surface area is 118 Å². The summed E-state index contributed by atoms with van der Waals surface area (Å²) in [7, 11) is 0. The largest absolute Gasteiger partial charge is 0.233 e. The molecule has 1 aliphatic carbocycles. The molecule has 1 aromatic carbocycles. The van der Waals surface area contributed by atoms with Crippen molar-refractivity contribution in [2.45, 2.75) is 39.0 Å². The van der Waals surface area contributed by atoms with E-state index in [9.17, 15) is 0 Å². The smallest absolute Gasteiger partial charge is 0.161 e. The molecule has 0 unspecified atom stereocenters. The Hall–Kier alpha value is -1.41. The minimum atomic E-state index is 0.585. The maximum absolute atomic E-state index is 6.25. The topological polar surface area (TPSA) is 25.8 Å². The summed E-state index contributed by atoms with van der Waals surface area (Å²) in [6, 6.07) is 8.54. The van der Waals surface area contributed by atoms with E-state index in [4.69, 9.17) is 11.6 Å². The summed E-state index contributed by atoms with van der Waals surface area (Å²) >= 11 is 6.25. The number of benzene rings is 1. The minimum absolute atomic E-state index is 0.585. The molecule has 0 spiro atoms. The van der Waals surface area contributed by atoms with Crippen molar-refractivity contribution in [3.63, 3.8) is 0 Å². The molecule has 0 N–H and O–H groups in total. The van der Waals surface area contributed by atoms with Gasteiger partial charge in [-0.1, -0.05) is 36.7 Å². The highest BCUT2D eigenvalue weighted by atomic mass is 35.5. The van der Waals surface area contributed by atoms with Crippen molar-refractivity contribution in [1.82, 2.24) is 9.97 Å². The quantitative estimate of drug-likeness (QED) is 0.767. The molecule has 19 heavy (non-hydrogen) atoms. The lowest BCUT2D eigenvalue weighted by Gasteiger charge is -2.08. The van der Waals surface area contributed by atoms with Crippen LogP contribution in [0.25, 0.3) is 11.4 Å². The van der Waals surface area contributed by atoms with Crippen LogP contribution in [-0.2, 0) is 6.42 Å². The van der Waals surface area contributed by atoms with Gasteiger partial charge >= 0.3 is 0 Å². The number of aryl methyl sites for hydroxylation is 1. The molecular weight excluding hydrogens is 256 g/mol. The summed E-state index contributed by atoms with van der Waals surface area (Å²) < 4.78 is 0. The molecule has 0 bridgehead atoms. The Morgan fingerprint density at radius 3 is 2.68 bits per heavy atom. The summed E-state index contributed by atoms with van der Waals surface area (Å²) in [6.07, 6.45) is 3.48. The predicted octanol–water partition coefficient (Wildman–Crippen LogP) is 4.55. The van der Waals surface area contributed by atoms with Gasteiger partial charge in [0.15, 0.2) is 5.82 Å². The number of aromatic nitrogens is 2. The van der Waals surface area contributed by atoms with Gasteiger partial charge in [0.2, 0.25) is 0 Å². The van der Waals surface area contributed by atoms with E-state index in [-0.39, 0.29) is 0 Å². The molecule has 1 heterocycles. The Kier molecular flexibility index (Phi) is 3.28. The minimum Gasteiger partial charge on any atom is -0.233 e. The lowest BCUT2D eigenvalue weighted by atomic mass is 10.1. The zero-order valence-corrected chi connectivity index (χ0v) is 12.0. The molecular formula is C16H17ClN2. The number of hydrogen-bond acceptors (Lipinski definition) is 2. The molecule has 1 saturated carbocycles. The van der Waals surface area contributed by atoms with Crippen LogP contribution in [0.4, 0.5) is 0 Å². The van der Waals surface area contributed by atoms with Gasteiger partial charge in [-0.15, -0.1) is 0 Å². The second kappa shape index (κ2) is 4.93. The second-order valence-electron chi connectivity index (χ2n) is 5.16. The molecule has 1 fully saturated rings. The van der Waals surface area contributed by atoms with Crippen molar-refractivity contribution in [1.29, 1.82) is 0 Å². The predicted molar refractivity (Wildman–Crippen MR) is 78.6 cm³/mol. The third kappa shape index (κ3) is 2.50. The molecule has 98 valence electrons. The molecule has 1 aliphatic rings. The summed E-state index contributed by atoms with van der Waals surface area (Å²) in [4.78, 5) is 9.05. The highest BCUT2D eigenvalue weighted by molar-refractivity contribution is 6.30. The average molecular weight is 273 g/mol. The molecule has 3 rings (SSSR count). The van der Waals surface area contributed by atoms with Gasteiger partial charge in [-0.05, 0) is 43.7 Å². The average Bonchev–Trinajstić information content (AvgIpc) is 3.23.